The number of aliphatic hydroxyl groups is 1. The van der Waals surface area contributed by atoms with Gasteiger partial charge in [0.25, 0.3) is 0 Å². The van der Waals surface area contributed by atoms with E-state index in [0.29, 0.717) is 6.42 Å². The largest absolute Gasteiger partial charge is 0.385 e. The van der Waals surface area contributed by atoms with Crippen molar-refractivity contribution in [3.63, 3.8) is 0 Å². The Balaban J connectivity index is 2.47. The number of fused-ring (bicyclic) bond motifs is 1. The Morgan fingerprint density at radius 3 is 2.82 bits per heavy atom. The maximum Gasteiger partial charge on any atom is 0.0901 e. The van der Waals surface area contributed by atoms with Crippen molar-refractivity contribution in [3.8, 4) is 0 Å². The average Bonchev–Trinajstić information content (AvgIpc) is 2.36. The Labute approximate surface area is 102 Å². The van der Waals surface area contributed by atoms with E-state index in [1.54, 1.807) is 6.20 Å². The second-order valence-electron chi connectivity index (χ2n) is 4.54. The molecule has 0 saturated heterocycles. The van der Waals surface area contributed by atoms with Crippen molar-refractivity contribution in [1.82, 2.24) is 10.3 Å². The van der Waals surface area contributed by atoms with Gasteiger partial charge in [0.15, 0.2) is 0 Å². The first kappa shape index (κ1) is 12.0. The molecule has 0 fully saturated rings. The summed E-state index contributed by atoms with van der Waals surface area (Å²) < 4.78 is 0. The van der Waals surface area contributed by atoms with Gasteiger partial charge < -0.3 is 10.4 Å². The molecule has 2 rings (SSSR count). The van der Waals surface area contributed by atoms with Gasteiger partial charge in [0, 0.05) is 23.3 Å². The highest BCUT2D eigenvalue weighted by atomic mass is 16.3. The van der Waals surface area contributed by atoms with Crippen molar-refractivity contribution < 1.29 is 5.11 Å². The van der Waals surface area contributed by atoms with Crippen LogP contribution in [0.4, 0.5) is 0 Å². The highest BCUT2D eigenvalue weighted by Gasteiger charge is 2.24. The van der Waals surface area contributed by atoms with Crippen LogP contribution in [0.1, 0.15) is 18.9 Å². The van der Waals surface area contributed by atoms with E-state index in [9.17, 15) is 5.11 Å². The van der Waals surface area contributed by atoms with E-state index in [0.717, 1.165) is 22.9 Å². The molecule has 3 heteroatoms. The number of pyridine rings is 1. The van der Waals surface area contributed by atoms with Gasteiger partial charge in [-0.15, -0.1) is 0 Å². The normalized spacial score (nSPS) is 14.8. The van der Waals surface area contributed by atoms with Crippen LogP contribution in [-0.2, 0) is 5.60 Å². The fourth-order valence-electron chi connectivity index (χ4n) is 2.05. The number of hydrogen-bond acceptors (Lipinski definition) is 3. The Hall–Kier alpha value is -1.45. The molecule has 1 heterocycles. The molecule has 0 radical (unpaired) electrons. The standard InChI is InChI=1S/C14H18N2O/c1-14(17,7-8-15-2)13-10-16-9-11-5-3-4-6-12(11)13/h3-6,9-10,15,17H,7-8H2,1-2H3. The molecule has 1 unspecified atom stereocenters. The Bertz CT molecular complexity index is 503. The van der Waals surface area contributed by atoms with Gasteiger partial charge in [-0.1, -0.05) is 24.3 Å². The lowest BCUT2D eigenvalue weighted by atomic mass is 9.90. The van der Waals surface area contributed by atoms with Crippen molar-refractivity contribution in [2.24, 2.45) is 0 Å². The van der Waals surface area contributed by atoms with Gasteiger partial charge in [0.1, 0.15) is 0 Å². The summed E-state index contributed by atoms with van der Waals surface area (Å²) in [7, 11) is 1.89. The van der Waals surface area contributed by atoms with Gasteiger partial charge in [0.05, 0.1) is 5.60 Å². The molecule has 2 aromatic rings. The number of nitrogens with zero attached hydrogens (tertiary/aromatic N) is 1. The fraction of sp³-hybridized carbons (Fsp3) is 0.357. The zero-order chi connectivity index (χ0) is 12.3. The van der Waals surface area contributed by atoms with Crippen LogP contribution >= 0.6 is 0 Å². The maximum absolute atomic E-state index is 10.5. The molecule has 0 amide bonds. The molecule has 0 spiro atoms. The third kappa shape index (κ3) is 2.46. The summed E-state index contributed by atoms with van der Waals surface area (Å²) in [6.07, 6.45) is 4.25. The molecule has 1 aromatic heterocycles. The summed E-state index contributed by atoms with van der Waals surface area (Å²) >= 11 is 0. The summed E-state index contributed by atoms with van der Waals surface area (Å²) in [5, 5.41) is 15.7. The van der Waals surface area contributed by atoms with E-state index >= 15 is 0 Å². The quantitative estimate of drug-likeness (QED) is 0.845. The van der Waals surface area contributed by atoms with Crippen LogP contribution in [0, 0.1) is 0 Å². The minimum atomic E-state index is -0.850. The molecule has 1 aromatic carbocycles. The lowest BCUT2D eigenvalue weighted by molar-refractivity contribution is 0.0497. The van der Waals surface area contributed by atoms with E-state index in [1.165, 1.54) is 0 Å². The number of hydrogen-bond donors (Lipinski definition) is 2. The summed E-state index contributed by atoms with van der Waals surface area (Å²) in [6.45, 7) is 2.62. The van der Waals surface area contributed by atoms with Crippen molar-refractivity contribution in [2.75, 3.05) is 13.6 Å². The van der Waals surface area contributed by atoms with E-state index in [4.69, 9.17) is 0 Å². The topological polar surface area (TPSA) is 45.1 Å². The second kappa shape index (κ2) is 4.82. The van der Waals surface area contributed by atoms with Crippen molar-refractivity contribution in [2.45, 2.75) is 18.9 Å². The van der Waals surface area contributed by atoms with Crippen molar-refractivity contribution in [3.05, 3.63) is 42.2 Å². The van der Waals surface area contributed by atoms with E-state index in [2.05, 4.69) is 10.3 Å². The summed E-state index contributed by atoms with van der Waals surface area (Å²) in [5.74, 6) is 0. The van der Waals surface area contributed by atoms with Crippen LogP contribution in [0.3, 0.4) is 0 Å². The lowest BCUT2D eigenvalue weighted by Gasteiger charge is -2.24. The minimum Gasteiger partial charge on any atom is -0.385 e. The SMILES string of the molecule is CNCCC(C)(O)c1cncc2ccccc12. The van der Waals surface area contributed by atoms with E-state index < -0.39 is 5.60 Å². The van der Waals surface area contributed by atoms with Crippen LogP contribution < -0.4 is 5.32 Å². The molecule has 17 heavy (non-hydrogen) atoms. The Morgan fingerprint density at radius 1 is 1.29 bits per heavy atom. The molecule has 3 nitrogen and oxygen atoms in total. The first-order valence-electron chi connectivity index (χ1n) is 5.85. The smallest absolute Gasteiger partial charge is 0.0901 e. The van der Waals surface area contributed by atoms with Gasteiger partial charge in [-0.05, 0) is 32.3 Å². The predicted molar refractivity (Wildman–Crippen MR) is 69.9 cm³/mol. The van der Waals surface area contributed by atoms with Gasteiger partial charge in [0.2, 0.25) is 0 Å². The molecular weight excluding hydrogens is 212 g/mol. The molecule has 0 aliphatic heterocycles. The zero-order valence-corrected chi connectivity index (χ0v) is 10.3. The van der Waals surface area contributed by atoms with Crippen molar-refractivity contribution in [1.29, 1.82) is 0 Å². The molecule has 90 valence electrons. The first-order valence-corrected chi connectivity index (χ1v) is 5.85. The van der Waals surface area contributed by atoms with Crippen LogP contribution in [0.5, 0.6) is 0 Å². The predicted octanol–water partition coefficient (Wildman–Crippen LogP) is 2.05. The van der Waals surface area contributed by atoms with Crippen LogP contribution in [0.15, 0.2) is 36.7 Å². The zero-order valence-electron chi connectivity index (χ0n) is 10.3. The molecule has 0 aliphatic carbocycles. The van der Waals surface area contributed by atoms with Gasteiger partial charge in [-0.3, -0.25) is 4.98 Å². The molecule has 0 bridgehead atoms. The molecule has 1 atom stereocenters. The van der Waals surface area contributed by atoms with Gasteiger partial charge in [-0.2, -0.15) is 0 Å². The third-order valence-electron chi connectivity index (χ3n) is 3.11. The first-order chi connectivity index (χ1) is 8.15. The molecule has 2 N–H and O–H groups in total. The highest BCUT2D eigenvalue weighted by molar-refractivity contribution is 5.85. The Morgan fingerprint density at radius 2 is 2.06 bits per heavy atom. The van der Waals surface area contributed by atoms with E-state index in [1.807, 2.05) is 44.4 Å². The molecular formula is C14H18N2O. The van der Waals surface area contributed by atoms with Crippen LogP contribution in [0.2, 0.25) is 0 Å². The summed E-state index contributed by atoms with van der Waals surface area (Å²) in [4.78, 5) is 4.21. The monoisotopic (exact) mass is 230 g/mol. The van der Waals surface area contributed by atoms with Gasteiger partial charge in [-0.25, -0.2) is 0 Å². The number of nitrogens with one attached hydrogen (secondary N) is 1. The van der Waals surface area contributed by atoms with Crippen LogP contribution in [-0.4, -0.2) is 23.7 Å². The highest BCUT2D eigenvalue weighted by Crippen LogP contribution is 2.29. The average molecular weight is 230 g/mol. The van der Waals surface area contributed by atoms with Crippen LogP contribution in [0.25, 0.3) is 10.8 Å². The lowest BCUT2D eigenvalue weighted by Crippen LogP contribution is -2.26. The summed E-state index contributed by atoms with van der Waals surface area (Å²) in [6, 6.07) is 8.01. The van der Waals surface area contributed by atoms with E-state index in [-0.39, 0.29) is 0 Å². The number of benzene rings is 1. The molecule has 0 saturated carbocycles. The van der Waals surface area contributed by atoms with Crippen molar-refractivity contribution >= 4 is 10.8 Å². The van der Waals surface area contributed by atoms with Gasteiger partial charge >= 0.3 is 0 Å². The maximum atomic E-state index is 10.5. The molecule has 0 aliphatic rings. The minimum absolute atomic E-state index is 0.666. The second-order valence-corrected chi connectivity index (χ2v) is 4.54. The summed E-state index contributed by atoms with van der Waals surface area (Å²) in [5.41, 5.74) is 0.0440. The Kier molecular flexibility index (Phi) is 3.41. The number of rotatable bonds is 4. The third-order valence-corrected chi connectivity index (χ3v) is 3.11. The number of aromatic nitrogens is 1. The fourth-order valence-corrected chi connectivity index (χ4v) is 2.05.